The van der Waals surface area contributed by atoms with Crippen molar-refractivity contribution in [2.75, 3.05) is 7.11 Å². The van der Waals surface area contributed by atoms with Gasteiger partial charge >= 0.3 is 5.97 Å². The molecule has 1 saturated carbocycles. The lowest BCUT2D eigenvalue weighted by Gasteiger charge is -2.21. The number of aliphatic hydroxyl groups excluding tert-OH is 2. The van der Waals surface area contributed by atoms with Gasteiger partial charge in [-0.25, -0.2) is 0 Å². The second-order valence-corrected chi connectivity index (χ2v) is 7.38. The number of methoxy groups -OCH3 is 1. The number of hydrogen-bond acceptors (Lipinski definition) is 4. The Balaban J connectivity index is 2.42. The van der Waals surface area contributed by atoms with Crippen LogP contribution in [0.25, 0.3) is 0 Å². The Hall–Kier alpha value is -0.870. The van der Waals surface area contributed by atoms with E-state index in [-0.39, 0.29) is 30.0 Å². The zero-order chi connectivity index (χ0) is 17.9. The maximum Gasteiger partial charge on any atom is 0.305 e. The Morgan fingerprint density at radius 2 is 2.04 bits per heavy atom. The molecule has 0 spiro atoms. The predicted octanol–water partition coefficient (Wildman–Crippen LogP) is 3.85. The van der Waals surface area contributed by atoms with Crippen molar-refractivity contribution in [2.45, 2.75) is 83.8 Å². The SMILES string of the molecule is CCCCCC(O)C=CC1CCC(O)C1CCC(C)CC(=O)OC. The van der Waals surface area contributed by atoms with Crippen LogP contribution >= 0.6 is 0 Å². The molecular weight excluding hydrogens is 304 g/mol. The van der Waals surface area contributed by atoms with Gasteiger partial charge in [0.15, 0.2) is 0 Å². The van der Waals surface area contributed by atoms with Gasteiger partial charge in [0.25, 0.3) is 0 Å². The Labute approximate surface area is 147 Å². The first kappa shape index (κ1) is 21.2. The summed E-state index contributed by atoms with van der Waals surface area (Å²) < 4.78 is 4.71. The van der Waals surface area contributed by atoms with Crippen molar-refractivity contribution in [3.05, 3.63) is 12.2 Å². The fraction of sp³-hybridized carbons (Fsp3) is 0.850. The first-order chi connectivity index (χ1) is 11.5. The number of aliphatic hydroxyl groups is 2. The summed E-state index contributed by atoms with van der Waals surface area (Å²) in [5.74, 6) is 0.686. The van der Waals surface area contributed by atoms with Crippen LogP contribution in [0.5, 0.6) is 0 Å². The van der Waals surface area contributed by atoms with Gasteiger partial charge in [0.1, 0.15) is 0 Å². The summed E-state index contributed by atoms with van der Waals surface area (Å²) in [4.78, 5) is 11.3. The lowest BCUT2D eigenvalue weighted by atomic mass is 9.86. The largest absolute Gasteiger partial charge is 0.469 e. The lowest BCUT2D eigenvalue weighted by molar-refractivity contribution is -0.141. The summed E-state index contributed by atoms with van der Waals surface area (Å²) in [7, 11) is 1.42. The van der Waals surface area contributed by atoms with Crippen molar-refractivity contribution >= 4 is 5.97 Å². The van der Waals surface area contributed by atoms with E-state index < -0.39 is 0 Å². The molecule has 1 aliphatic rings. The highest BCUT2D eigenvalue weighted by Crippen LogP contribution is 2.37. The molecule has 140 valence electrons. The van der Waals surface area contributed by atoms with Crippen molar-refractivity contribution < 1.29 is 19.7 Å². The summed E-state index contributed by atoms with van der Waals surface area (Å²) in [5, 5.41) is 20.3. The minimum absolute atomic E-state index is 0.166. The van der Waals surface area contributed by atoms with Crippen LogP contribution in [0.4, 0.5) is 0 Å². The third kappa shape index (κ3) is 7.80. The standard InChI is InChI=1S/C20H36O4/c1-4-5-6-7-17(21)11-9-16-10-13-19(22)18(16)12-8-15(2)14-20(23)24-3/h9,11,15-19,21-22H,4-8,10,12-14H2,1-3H3. The van der Waals surface area contributed by atoms with E-state index in [1.54, 1.807) is 0 Å². The molecule has 1 rings (SSSR count). The molecule has 0 aromatic rings. The fourth-order valence-electron chi connectivity index (χ4n) is 3.64. The normalized spacial score (nSPS) is 26.6. The minimum atomic E-state index is -0.367. The molecule has 0 aromatic carbocycles. The molecule has 5 atom stereocenters. The molecule has 2 N–H and O–H groups in total. The summed E-state index contributed by atoms with van der Waals surface area (Å²) in [6, 6.07) is 0. The molecule has 5 unspecified atom stereocenters. The van der Waals surface area contributed by atoms with Gasteiger partial charge in [-0.05, 0) is 49.9 Å². The number of carbonyl (C=O) groups excluding carboxylic acids is 1. The second-order valence-electron chi connectivity index (χ2n) is 7.38. The molecule has 0 radical (unpaired) electrons. The van der Waals surface area contributed by atoms with Crippen molar-refractivity contribution in [3.63, 3.8) is 0 Å². The van der Waals surface area contributed by atoms with E-state index in [1.807, 2.05) is 6.08 Å². The van der Waals surface area contributed by atoms with Crippen LogP contribution < -0.4 is 0 Å². The summed E-state index contributed by atoms with van der Waals surface area (Å²) >= 11 is 0. The number of esters is 1. The monoisotopic (exact) mass is 340 g/mol. The molecule has 0 saturated heterocycles. The Morgan fingerprint density at radius 1 is 1.29 bits per heavy atom. The zero-order valence-corrected chi connectivity index (χ0v) is 15.6. The average molecular weight is 341 g/mol. The molecule has 0 aromatic heterocycles. The molecule has 1 fully saturated rings. The molecule has 0 bridgehead atoms. The number of ether oxygens (including phenoxy) is 1. The van der Waals surface area contributed by atoms with Crippen LogP contribution in [0.15, 0.2) is 12.2 Å². The van der Waals surface area contributed by atoms with Gasteiger partial charge in [0.05, 0.1) is 19.3 Å². The van der Waals surface area contributed by atoms with Gasteiger partial charge in [-0.15, -0.1) is 0 Å². The predicted molar refractivity (Wildman–Crippen MR) is 96.5 cm³/mol. The van der Waals surface area contributed by atoms with Crippen LogP contribution in [0, 0.1) is 17.8 Å². The Morgan fingerprint density at radius 3 is 2.71 bits per heavy atom. The quantitative estimate of drug-likeness (QED) is 0.340. The van der Waals surface area contributed by atoms with Crippen molar-refractivity contribution in [3.8, 4) is 0 Å². The molecular formula is C20H36O4. The average Bonchev–Trinajstić information content (AvgIpc) is 2.91. The number of carbonyl (C=O) groups is 1. The topological polar surface area (TPSA) is 66.8 Å². The van der Waals surface area contributed by atoms with E-state index in [0.29, 0.717) is 12.3 Å². The van der Waals surface area contributed by atoms with Crippen molar-refractivity contribution in [1.82, 2.24) is 0 Å². The maximum atomic E-state index is 11.3. The Bertz CT molecular complexity index is 380. The zero-order valence-electron chi connectivity index (χ0n) is 15.6. The summed E-state index contributed by atoms with van der Waals surface area (Å²) in [6.07, 6.45) is 11.7. The molecule has 0 heterocycles. The number of allylic oxidation sites excluding steroid dienone is 1. The van der Waals surface area contributed by atoms with E-state index in [9.17, 15) is 15.0 Å². The molecule has 4 heteroatoms. The highest BCUT2D eigenvalue weighted by molar-refractivity contribution is 5.69. The number of hydrogen-bond donors (Lipinski definition) is 2. The van der Waals surface area contributed by atoms with E-state index in [1.165, 1.54) is 7.11 Å². The second kappa shape index (κ2) is 11.6. The maximum absolute atomic E-state index is 11.3. The lowest BCUT2D eigenvalue weighted by Crippen LogP contribution is -2.20. The molecule has 1 aliphatic carbocycles. The van der Waals surface area contributed by atoms with Gasteiger partial charge < -0.3 is 14.9 Å². The highest BCUT2D eigenvalue weighted by atomic mass is 16.5. The van der Waals surface area contributed by atoms with E-state index in [4.69, 9.17) is 4.74 Å². The Kier molecular flexibility index (Phi) is 10.3. The summed E-state index contributed by atoms with van der Waals surface area (Å²) in [5.41, 5.74) is 0. The van der Waals surface area contributed by atoms with Crippen molar-refractivity contribution in [1.29, 1.82) is 0 Å². The van der Waals surface area contributed by atoms with Gasteiger partial charge in [-0.2, -0.15) is 0 Å². The van der Waals surface area contributed by atoms with Crippen LogP contribution in [-0.2, 0) is 9.53 Å². The van der Waals surface area contributed by atoms with Gasteiger partial charge in [-0.1, -0.05) is 45.3 Å². The third-order valence-electron chi connectivity index (χ3n) is 5.26. The van der Waals surface area contributed by atoms with Gasteiger partial charge in [0, 0.05) is 6.42 Å². The highest BCUT2D eigenvalue weighted by Gasteiger charge is 2.33. The number of rotatable bonds is 11. The minimum Gasteiger partial charge on any atom is -0.469 e. The molecule has 24 heavy (non-hydrogen) atoms. The van der Waals surface area contributed by atoms with Gasteiger partial charge in [-0.3, -0.25) is 4.79 Å². The van der Waals surface area contributed by atoms with E-state index >= 15 is 0 Å². The van der Waals surface area contributed by atoms with Crippen LogP contribution in [0.1, 0.15) is 71.6 Å². The first-order valence-electron chi connectivity index (χ1n) is 9.59. The third-order valence-corrected chi connectivity index (χ3v) is 5.26. The molecule has 4 nitrogen and oxygen atoms in total. The van der Waals surface area contributed by atoms with Crippen LogP contribution in [-0.4, -0.2) is 35.5 Å². The van der Waals surface area contributed by atoms with E-state index in [0.717, 1.165) is 51.4 Å². The smallest absolute Gasteiger partial charge is 0.305 e. The molecule has 0 aliphatic heterocycles. The fourth-order valence-corrected chi connectivity index (χ4v) is 3.64. The van der Waals surface area contributed by atoms with Gasteiger partial charge in [0.2, 0.25) is 0 Å². The van der Waals surface area contributed by atoms with Crippen LogP contribution in [0.3, 0.4) is 0 Å². The van der Waals surface area contributed by atoms with Crippen LogP contribution in [0.2, 0.25) is 0 Å². The molecule has 0 amide bonds. The summed E-state index contributed by atoms with van der Waals surface area (Å²) in [6.45, 7) is 4.22. The number of unbranched alkanes of at least 4 members (excludes halogenated alkanes) is 2. The van der Waals surface area contributed by atoms with E-state index in [2.05, 4.69) is 19.9 Å². The van der Waals surface area contributed by atoms with Crippen molar-refractivity contribution in [2.24, 2.45) is 17.8 Å². The first-order valence-corrected chi connectivity index (χ1v) is 9.59.